The van der Waals surface area contributed by atoms with Gasteiger partial charge in [0.2, 0.25) is 0 Å². The van der Waals surface area contributed by atoms with Crippen LogP contribution in [0.3, 0.4) is 0 Å². The van der Waals surface area contributed by atoms with Crippen molar-refractivity contribution in [1.82, 2.24) is 24.5 Å². The minimum atomic E-state index is -0.190. The Morgan fingerprint density at radius 1 is 0.542 bits per heavy atom. The maximum Gasteiger partial charge on any atom is 0.161 e. The van der Waals surface area contributed by atoms with E-state index in [4.69, 9.17) is 19.9 Å². The predicted octanol–water partition coefficient (Wildman–Crippen LogP) is 12.9. The van der Waals surface area contributed by atoms with Gasteiger partial charge in [-0.15, -0.1) is 23.8 Å². The fourth-order valence-electron chi connectivity index (χ4n) is 7.38. The summed E-state index contributed by atoms with van der Waals surface area (Å²) in [5.74, 6) is 0.713. The molecule has 0 atom stereocenters. The van der Waals surface area contributed by atoms with Crippen LogP contribution in [-0.2, 0) is 37.3 Å². The zero-order valence-electron chi connectivity index (χ0n) is 35.2. The van der Waals surface area contributed by atoms with Crippen molar-refractivity contribution in [3.63, 3.8) is 0 Å². The average molecular weight is 956 g/mol. The first-order valence-corrected chi connectivity index (χ1v) is 19.9. The molecule has 0 unspecified atom stereocenters. The molecule has 59 heavy (non-hydrogen) atoms. The van der Waals surface area contributed by atoms with Crippen molar-refractivity contribution in [2.45, 2.75) is 78.6 Å². The second kappa shape index (κ2) is 15.8. The van der Waals surface area contributed by atoms with E-state index in [0.717, 1.165) is 55.9 Å². The van der Waals surface area contributed by atoms with E-state index in [0.29, 0.717) is 28.2 Å². The van der Waals surface area contributed by atoms with E-state index in [1.807, 2.05) is 30.5 Å². The Labute approximate surface area is 362 Å². The summed E-state index contributed by atoms with van der Waals surface area (Å²) < 4.78 is 2.09. The maximum atomic E-state index is 11.7. The Balaban J connectivity index is 0.00000528. The summed E-state index contributed by atoms with van der Waals surface area (Å²) in [4.78, 5) is 20.2. The van der Waals surface area contributed by atoms with Gasteiger partial charge in [0, 0.05) is 44.2 Å². The smallest absolute Gasteiger partial charge is 0.161 e. The van der Waals surface area contributed by atoms with Gasteiger partial charge in [-0.1, -0.05) is 152 Å². The standard InChI is InChI=1S/C52H50N5O.Pt/c1-50(2,3)38-20-22-44(41(30-38)34-18-14-11-15-19-34)57-48(42-31-39(51(4,5)6)21-23-45(42)58)56-47-46(54-32-55-49(47)57)37-26-36(27-40(28-37)52(7,8)9)43-29-35(24-25-53-43)33-16-12-10-13-17-33;/h10-25,27-32,58H,1-9H3;/q-1;. The molecule has 0 aliphatic rings. The molecular formula is C52H50N5OPt-. The molecule has 3 heterocycles. The zero-order chi connectivity index (χ0) is 41.0. The number of nitrogens with zero attached hydrogens (tertiary/aromatic N) is 5. The molecule has 7 heteroatoms. The van der Waals surface area contributed by atoms with Gasteiger partial charge in [-0.05, 0) is 74.4 Å². The van der Waals surface area contributed by atoms with E-state index >= 15 is 0 Å². The van der Waals surface area contributed by atoms with E-state index in [1.165, 1.54) is 5.56 Å². The third kappa shape index (κ3) is 8.29. The van der Waals surface area contributed by atoms with Crippen molar-refractivity contribution in [2.75, 3.05) is 0 Å². The van der Waals surface area contributed by atoms with Gasteiger partial charge in [0.05, 0.1) is 11.3 Å². The van der Waals surface area contributed by atoms with Gasteiger partial charge in [-0.3, -0.25) is 14.5 Å². The third-order valence-corrected chi connectivity index (χ3v) is 10.9. The third-order valence-electron chi connectivity index (χ3n) is 10.9. The number of benzene rings is 5. The number of aromatic nitrogens is 5. The minimum Gasteiger partial charge on any atom is -0.507 e. The minimum absolute atomic E-state index is 0. The molecular weight excluding hydrogens is 906 g/mol. The Kier molecular flexibility index (Phi) is 11.1. The molecule has 0 saturated heterocycles. The molecule has 300 valence electrons. The molecule has 8 rings (SSSR count). The first-order valence-electron chi connectivity index (χ1n) is 19.9. The molecule has 0 spiro atoms. The van der Waals surface area contributed by atoms with Crippen LogP contribution in [0.15, 0.2) is 134 Å². The van der Waals surface area contributed by atoms with Gasteiger partial charge in [-0.2, -0.15) is 0 Å². The van der Waals surface area contributed by atoms with Crippen LogP contribution in [0.1, 0.15) is 79.0 Å². The molecule has 0 saturated carbocycles. The number of fused-ring (bicyclic) bond motifs is 1. The van der Waals surface area contributed by atoms with Gasteiger partial charge < -0.3 is 5.11 Å². The van der Waals surface area contributed by atoms with Crippen LogP contribution in [0.25, 0.3) is 73.0 Å². The molecule has 0 fully saturated rings. The van der Waals surface area contributed by atoms with E-state index in [1.54, 1.807) is 12.4 Å². The summed E-state index contributed by atoms with van der Waals surface area (Å²) in [5, 5.41) is 11.7. The SMILES string of the molecule is CC(C)(C)c1cc(-c2cc(-c3ccccc3)ccn2)[c-]c(-c2ncnc3c2nc(-c2cc(C(C)(C)C)ccc2O)n3-c2ccc(C(C)(C)C)cc2-c2ccccc2)c1.[Pt]. The summed E-state index contributed by atoms with van der Waals surface area (Å²) in [6.07, 6.45) is 3.47. The van der Waals surface area contributed by atoms with E-state index in [2.05, 4.69) is 164 Å². The second-order valence-corrected chi connectivity index (χ2v) is 18.2. The molecule has 0 radical (unpaired) electrons. The van der Waals surface area contributed by atoms with Crippen molar-refractivity contribution in [2.24, 2.45) is 0 Å². The van der Waals surface area contributed by atoms with Crippen molar-refractivity contribution in [1.29, 1.82) is 0 Å². The van der Waals surface area contributed by atoms with Crippen molar-refractivity contribution in [3.8, 4) is 67.6 Å². The fraction of sp³-hybridized carbons (Fsp3) is 0.231. The molecule has 0 aliphatic heterocycles. The predicted molar refractivity (Wildman–Crippen MR) is 238 cm³/mol. The number of pyridine rings is 1. The molecule has 5 aromatic carbocycles. The molecule has 0 amide bonds. The topological polar surface area (TPSA) is 76.7 Å². The van der Waals surface area contributed by atoms with Crippen LogP contribution in [0.2, 0.25) is 0 Å². The fourth-order valence-corrected chi connectivity index (χ4v) is 7.38. The number of hydrogen-bond acceptors (Lipinski definition) is 5. The van der Waals surface area contributed by atoms with Crippen LogP contribution >= 0.6 is 0 Å². The van der Waals surface area contributed by atoms with Crippen LogP contribution in [-0.4, -0.2) is 29.6 Å². The Morgan fingerprint density at radius 3 is 1.78 bits per heavy atom. The van der Waals surface area contributed by atoms with Gasteiger partial charge in [0.15, 0.2) is 5.65 Å². The van der Waals surface area contributed by atoms with Crippen LogP contribution in [0.4, 0.5) is 0 Å². The normalized spacial score (nSPS) is 12.1. The van der Waals surface area contributed by atoms with Crippen LogP contribution in [0, 0.1) is 6.07 Å². The Morgan fingerprint density at radius 2 is 1.14 bits per heavy atom. The number of phenolic OH excluding ortho intramolecular Hbond substituents is 1. The van der Waals surface area contributed by atoms with E-state index < -0.39 is 0 Å². The van der Waals surface area contributed by atoms with Gasteiger partial charge in [-0.25, -0.2) is 9.97 Å². The first-order chi connectivity index (χ1) is 27.6. The summed E-state index contributed by atoms with van der Waals surface area (Å²) in [7, 11) is 0. The Hall–Kier alpha value is -5.71. The van der Waals surface area contributed by atoms with Crippen LogP contribution < -0.4 is 0 Å². The number of phenols is 1. The van der Waals surface area contributed by atoms with Crippen molar-refractivity contribution >= 4 is 11.2 Å². The van der Waals surface area contributed by atoms with Gasteiger partial charge in [0.1, 0.15) is 23.4 Å². The molecule has 8 aromatic rings. The summed E-state index contributed by atoms with van der Waals surface area (Å²) in [6, 6.07) is 45.5. The number of aromatic hydroxyl groups is 1. The largest absolute Gasteiger partial charge is 0.507 e. The van der Waals surface area contributed by atoms with E-state index in [9.17, 15) is 5.11 Å². The average Bonchev–Trinajstić information content (AvgIpc) is 3.59. The maximum absolute atomic E-state index is 11.7. The first kappa shape index (κ1) is 41.4. The van der Waals surface area contributed by atoms with Gasteiger partial charge in [0.25, 0.3) is 0 Å². The molecule has 0 aliphatic carbocycles. The number of imidazole rings is 1. The quantitative estimate of drug-likeness (QED) is 0.168. The summed E-state index contributed by atoms with van der Waals surface area (Å²) in [6.45, 7) is 19.9. The number of rotatable bonds is 6. The van der Waals surface area contributed by atoms with Crippen molar-refractivity contribution < 1.29 is 26.2 Å². The molecule has 1 N–H and O–H groups in total. The zero-order valence-corrected chi connectivity index (χ0v) is 37.5. The summed E-state index contributed by atoms with van der Waals surface area (Å²) >= 11 is 0. The number of hydrogen-bond donors (Lipinski definition) is 1. The molecule has 0 bridgehead atoms. The van der Waals surface area contributed by atoms with Gasteiger partial charge >= 0.3 is 0 Å². The molecule has 6 nitrogen and oxygen atoms in total. The monoisotopic (exact) mass is 955 g/mol. The van der Waals surface area contributed by atoms with E-state index in [-0.39, 0.29) is 43.1 Å². The Bertz CT molecular complexity index is 2790. The molecule has 3 aromatic heterocycles. The van der Waals surface area contributed by atoms with Crippen molar-refractivity contribution in [3.05, 3.63) is 157 Å². The van der Waals surface area contributed by atoms with Crippen LogP contribution in [0.5, 0.6) is 5.75 Å². The summed E-state index contributed by atoms with van der Waals surface area (Å²) in [5.41, 5.74) is 13.1. The second-order valence-electron chi connectivity index (χ2n) is 18.2.